The zero-order valence-corrected chi connectivity index (χ0v) is 8.28. The number of urea groups is 1. The van der Waals surface area contributed by atoms with Crippen LogP contribution >= 0.6 is 0 Å². The zero-order chi connectivity index (χ0) is 11.7. The Morgan fingerprint density at radius 2 is 1.67 bits per heavy atom. The lowest BCUT2D eigenvalue weighted by atomic mass is 10.3. The number of nitrogens with one attached hydrogen (secondary N) is 2. The highest BCUT2D eigenvalue weighted by Crippen LogP contribution is 1.85. The van der Waals surface area contributed by atoms with Crippen LogP contribution in [0.25, 0.3) is 0 Å². The van der Waals surface area contributed by atoms with Gasteiger partial charge < -0.3 is 21.5 Å². The van der Waals surface area contributed by atoms with Gasteiger partial charge in [-0.1, -0.05) is 0 Å². The lowest BCUT2D eigenvalue weighted by molar-refractivity contribution is -0.137. The summed E-state index contributed by atoms with van der Waals surface area (Å²) in [7, 11) is 0. The summed E-state index contributed by atoms with van der Waals surface area (Å²) in [6, 6.07) is -0.429. The fourth-order valence-corrected chi connectivity index (χ4v) is 0.803. The van der Waals surface area contributed by atoms with Gasteiger partial charge in [0.05, 0.1) is 0 Å². The summed E-state index contributed by atoms with van der Waals surface area (Å²) in [6.45, 7) is 0.467. The Bertz CT molecular complexity index is 242. The van der Waals surface area contributed by atoms with Gasteiger partial charge in [-0.05, 0) is 6.42 Å². The Morgan fingerprint density at radius 1 is 1.07 bits per heavy atom. The number of carbonyl (C=O) groups excluding carboxylic acids is 2. The van der Waals surface area contributed by atoms with Gasteiger partial charge in [-0.2, -0.15) is 0 Å². The topological polar surface area (TPSA) is 122 Å². The molecule has 7 nitrogen and oxygen atoms in total. The van der Waals surface area contributed by atoms with Gasteiger partial charge in [0.25, 0.3) is 0 Å². The van der Waals surface area contributed by atoms with E-state index in [1.807, 2.05) is 0 Å². The van der Waals surface area contributed by atoms with Crippen molar-refractivity contribution in [3.63, 3.8) is 0 Å². The first-order valence-electron chi connectivity index (χ1n) is 4.54. The first-order valence-corrected chi connectivity index (χ1v) is 4.54. The Morgan fingerprint density at radius 3 is 2.20 bits per heavy atom. The van der Waals surface area contributed by atoms with Crippen molar-refractivity contribution in [3.8, 4) is 0 Å². The molecule has 3 amide bonds. The maximum atomic E-state index is 10.9. The van der Waals surface area contributed by atoms with Crippen molar-refractivity contribution in [2.45, 2.75) is 19.3 Å². The van der Waals surface area contributed by atoms with E-state index in [1.165, 1.54) is 0 Å². The molecule has 0 aliphatic rings. The van der Waals surface area contributed by atoms with Crippen molar-refractivity contribution < 1.29 is 19.5 Å². The molecule has 0 aromatic carbocycles. The van der Waals surface area contributed by atoms with E-state index in [0.29, 0.717) is 6.42 Å². The number of hydrogen-bond donors (Lipinski definition) is 4. The molecule has 0 unspecified atom stereocenters. The van der Waals surface area contributed by atoms with Gasteiger partial charge in [0.1, 0.15) is 0 Å². The van der Waals surface area contributed by atoms with Crippen LogP contribution in [0.1, 0.15) is 19.3 Å². The van der Waals surface area contributed by atoms with E-state index < -0.39 is 17.9 Å². The lowest BCUT2D eigenvalue weighted by Crippen LogP contribution is -2.37. The largest absolute Gasteiger partial charge is 0.481 e. The Kier molecular flexibility index (Phi) is 6.69. The zero-order valence-electron chi connectivity index (χ0n) is 8.28. The van der Waals surface area contributed by atoms with Crippen molar-refractivity contribution >= 4 is 17.9 Å². The summed E-state index contributed by atoms with van der Waals surface area (Å²) < 4.78 is 0. The number of carboxylic acid groups (broad SMARTS) is 1. The Labute approximate surface area is 87.0 Å². The second-order valence-corrected chi connectivity index (χ2v) is 2.90. The molecule has 7 heteroatoms. The van der Waals surface area contributed by atoms with Crippen LogP contribution in [0.5, 0.6) is 0 Å². The van der Waals surface area contributed by atoms with E-state index in [4.69, 9.17) is 10.8 Å². The molecular formula is C8H15N3O4. The van der Waals surface area contributed by atoms with Gasteiger partial charge in [-0.25, -0.2) is 4.79 Å². The van der Waals surface area contributed by atoms with Gasteiger partial charge in [0.2, 0.25) is 5.91 Å². The molecule has 0 heterocycles. The average Bonchev–Trinajstić information content (AvgIpc) is 2.11. The third-order valence-corrected chi connectivity index (χ3v) is 1.51. The standard InChI is InChI=1S/C8H15N3O4/c9-6(12)3-5-11-8(15)10-4-1-2-7(13)14/h1-5H2,(H2,9,12)(H,13,14)(H2,10,11,15). The van der Waals surface area contributed by atoms with Gasteiger partial charge in [0, 0.05) is 25.9 Å². The molecular weight excluding hydrogens is 202 g/mol. The fourth-order valence-electron chi connectivity index (χ4n) is 0.803. The molecule has 5 N–H and O–H groups in total. The monoisotopic (exact) mass is 217 g/mol. The first kappa shape index (κ1) is 13.2. The van der Waals surface area contributed by atoms with Crippen LogP contribution in [0.4, 0.5) is 4.79 Å². The molecule has 0 spiro atoms. The van der Waals surface area contributed by atoms with E-state index in [2.05, 4.69) is 10.6 Å². The number of rotatable bonds is 7. The molecule has 0 bridgehead atoms. The number of amides is 3. The van der Waals surface area contributed by atoms with Crippen LogP contribution in [-0.2, 0) is 9.59 Å². The molecule has 0 atom stereocenters. The highest BCUT2D eigenvalue weighted by Gasteiger charge is 2.01. The number of nitrogens with two attached hydrogens (primary N) is 1. The molecule has 0 rings (SSSR count). The molecule has 0 aliphatic carbocycles. The van der Waals surface area contributed by atoms with E-state index in [0.717, 1.165) is 0 Å². The lowest BCUT2D eigenvalue weighted by Gasteiger charge is -2.05. The highest BCUT2D eigenvalue weighted by molar-refractivity contribution is 5.76. The molecule has 0 radical (unpaired) electrons. The minimum absolute atomic E-state index is 0.0154. The van der Waals surface area contributed by atoms with Crippen molar-refractivity contribution in [1.82, 2.24) is 10.6 Å². The van der Waals surface area contributed by atoms with E-state index >= 15 is 0 Å². The maximum absolute atomic E-state index is 10.9. The Hall–Kier alpha value is -1.79. The summed E-state index contributed by atoms with van der Waals surface area (Å²) in [4.78, 5) is 31.4. The quantitative estimate of drug-likeness (QED) is 0.409. The number of carboxylic acids is 1. The number of carbonyl (C=O) groups is 3. The third-order valence-electron chi connectivity index (χ3n) is 1.51. The average molecular weight is 217 g/mol. The number of aliphatic carboxylic acids is 1. The summed E-state index contributed by atoms with van der Waals surface area (Å²) in [5.74, 6) is -1.38. The van der Waals surface area contributed by atoms with E-state index in [1.54, 1.807) is 0 Å². The number of primary amides is 1. The van der Waals surface area contributed by atoms with Gasteiger partial charge in [-0.3, -0.25) is 9.59 Å². The fraction of sp³-hybridized carbons (Fsp3) is 0.625. The molecule has 15 heavy (non-hydrogen) atoms. The smallest absolute Gasteiger partial charge is 0.314 e. The molecule has 0 aliphatic heterocycles. The van der Waals surface area contributed by atoms with Crippen LogP contribution in [0.3, 0.4) is 0 Å². The van der Waals surface area contributed by atoms with E-state index in [9.17, 15) is 14.4 Å². The summed E-state index contributed by atoms with van der Waals surface area (Å²) >= 11 is 0. The van der Waals surface area contributed by atoms with Gasteiger partial charge >= 0.3 is 12.0 Å². The minimum atomic E-state index is -0.897. The second-order valence-electron chi connectivity index (χ2n) is 2.90. The second kappa shape index (κ2) is 7.60. The van der Waals surface area contributed by atoms with Crippen molar-refractivity contribution in [2.24, 2.45) is 5.73 Å². The van der Waals surface area contributed by atoms with Crippen molar-refractivity contribution in [2.75, 3.05) is 13.1 Å². The van der Waals surface area contributed by atoms with Crippen molar-refractivity contribution in [3.05, 3.63) is 0 Å². The SMILES string of the molecule is NC(=O)CCNC(=O)NCCCC(=O)O. The first-order chi connectivity index (χ1) is 7.02. The molecule has 0 aromatic heterocycles. The summed E-state index contributed by atoms with van der Waals surface area (Å²) in [6.07, 6.45) is 0.475. The molecule has 0 saturated carbocycles. The normalized spacial score (nSPS) is 9.33. The summed E-state index contributed by atoms with van der Waals surface area (Å²) in [5.41, 5.74) is 4.86. The predicted molar refractivity (Wildman–Crippen MR) is 52.1 cm³/mol. The summed E-state index contributed by atoms with van der Waals surface area (Å²) in [5, 5.41) is 13.2. The van der Waals surface area contributed by atoms with E-state index in [-0.39, 0.29) is 25.9 Å². The van der Waals surface area contributed by atoms with Crippen LogP contribution in [0, 0.1) is 0 Å². The molecule has 0 fully saturated rings. The van der Waals surface area contributed by atoms with Crippen LogP contribution < -0.4 is 16.4 Å². The van der Waals surface area contributed by atoms with Gasteiger partial charge in [0.15, 0.2) is 0 Å². The molecule has 86 valence electrons. The molecule has 0 saturated heterocycles. The maximum Gasteiger partial charge on any atom is 0.314 e. The van der Waals surface area contributed by atoms with Crippen LogP contribution in [0.15, 0.2) is 0 Å². The van der Waals surface area contributed by atoms with Crippen molar-refractivity contribution in [1.29, 1.82) is 0 Å². The Balaban J connectivity index is 3.33. The van der Waals surface area contributed by atoms with Crippen LogP contribution in [-0.4, -0.2) is 36.1 Å². The minimum Gasteiger partial charge on any atom is -0.481 e. The predicted octanol–water partition coefficient (Wildman–Crippen LogP) is -0.974. The van der Waals surface area contributed by atoms with Crippen LogP contribution in [0.2, 0.25) is 0 Å². The third kappa shape index (κ3) is 10.1. The molecule has 0 aromatic rings. The highest BCUT2D eigenvalue weighted by atomic mass is 16.4. The van der Waals surface area contributed by atoms with Gasteiger partial charge in [-0.15, -0.1) is 0 Å². The number of hydrogen-bond acceptors (Lipinski definition) is 3.